The van der Waals surface area contributed by atoms with E-state index in [0.29, 0.717) is 5.57 Å². The highest BCUT2D eigenvalue weighted by Crippen LogP contribution is 2.22. The number of benzene rings is 1. The maximum absolute atomic E-state index is 10.4. The molecule has 0 saturated carbocycles. The number of aliphatic carboxylic acids is 1. The molecule has 1 aromatic rings. The number of carboxylic acid groups (broad SMARTS) is 1. The van der Waals surface area contributed by atoms with Crippen molar-refractivity contribution in [3.63, 3.8) is 0 Å². The normalized spacial score (nSPS) is 11.4. The summed E-state index contributed by atoms with van der Waals surface area (Å²) >= 11 is 0. The molecular weight excluding hydrogens is 202 g/mol. The number of carbonyl (C=O) groups excluding carboxylic acids is 1. The molecule has 1 rings (SSSR count). The predicted molar refractivity (Wildman–Crippen MR) is 64.2 cm³/mol. The fraction of sp³-hybridized carbons (Fsp3) is 0.308. The Morgan fingerprint density at radius 1 is 1.38 bits per heavy atom. The molecule has 0 heterocycles. The lowest BCUT2D eigenvalue weighted by Crippen LogP contribution is -2.19. The van der Waals surface area contributed by atoms with E-state index in [-0.39, 0.29) is 0 Å². The third kappa shape index (κ3) is 2.86. The third-order valence-corrected chi connectivity index (χ3v) is 2.47. The molecule has 3 nitrogen and oxygen atoms in total. The van der Waals surface area contributed by atoms with Crippen molar-refractivity contribution in [3.05, 3.63) is 35.4 Å². The summed E-state index contributed by atoms with van der Waals surface area (Å²) in [4.78, 5) is 12.5. The van der Waals surface area contributed by atoms with Crippen LogP contribution in [0.15, 0.2) is 24.3 Å². The largest absolute Gasteiger partial charge is 0.545 e. The predicted octanol–water partition coefficient (Wildman–Crippen LogP) is 1.21. The highest BCUT2D eigenvalue weighted by Gasteiger charge is 2.02. The van der Waals surface area contributed by atoms with Crippen molar-refractivity contribution in [1.29, 1.82) is 0 Å². The Hall–Kier alpha value is -1.77. The SMILES string of the molecule is C/C(=C\C(=O)[O-])c1ccc(N(C)C)c(C)c1. The molecule has 16 heavy (non-hydrogen) atoms. The van der Waals surface area contributed by atoms with Crippen LogP contribution in [-0.2, 0) is 4.79 Å². The average Bonchev–Trinajstić information content (AvgIpc) is 2.15. The van der Waals surface area contributed by atoms with E-state index in [1.165, 1.54) is 0 Å². The quantitative estimate of drug-likeness (QED) is 0.716. The highest BCUT2D eigenvalue weighted by atomic mass is 16.4. The minimum absolute atomic E-state index is 0.702. The zero-order valence-electron chi connectivity index (χ0n) is 10.1. The van der Waals surface area contributed by atoms with Gasteiger partial charge < -0.3 is 14.8 Å². The molecule has 0 aliphatic carbocycles. The monoisotopic (exact) mass is 218 g/mol. The smallest absolute Gasteiger partial charge is 0.0645 e. The summed E-state index contributed by atoms with van der Waals surface area (Å²) in [6.45, 7) is 3.77. The molecule has 0 aliphatic heterocycles. The Balaban J connectivity index is 3.11. The van der Waals surface area contributed by atoms with Gasteiger partial charge in [0.15, 0.2) is 0 Å². The second kappa shape index (κ2) is 4.84. The van der Waals surface area contributed by atoms with Gasteiger partial charge in [-0.2, -0.15) is 0 Å². The van der Waals surface area contributed by atoms with Crippen LogP contribution in [0, 0.1) is 6.92 Å². The molecule has 0 fully saturated rings. The summed E-state index contributed by atoms with van der Waals surface area (Å²) in [6, 6.07) is 5.87. The van der Waals surface area contributed by atoms with Crippen LogP contribution in [0.1, 0.15) is 18.1 Å². The van der Waals surface area contributed by atoms with Crippen molar-refractivity contribution >= 4 is 17.2 Å². The Morgan fingerprint density at radius 3 is 2.44 bits per heavy atom. The Kier molecular flexibility index (Phi) is 3.72. The molecule has 0 radical (unpaired) electrons. The molecule has 0 saturated heterocycles. The molecule has 3 heteroatoms. The average molecular weight is 218 g/mol. The van der Waals surface area contributed by atoms with Crippen molar-refractivity contribution < 1.29 is 9.90 Å². The maximum atomic E-state index is 10.4. The second-order valence-corrected chi connectivity index (χ2v) is 4.04. The summed E-state index contributed by atoms with van der Waals surface area (Å²) in [7, 11) is 3.96. The van der Waals surface area contributed by atoms with E-state index in [4.69, 9.17) is 0 Å². The van der Waals surface area contributed by atoms with E-state index in [2.05, 4.69) is 0 Å². The zero-order chi connectivity index (χ0) is 12.3. The van der Waals surface area contributed by atoms with Crippen molar-refractivity contribution in [2.24, 2.45) is 0 Å². The van der Waals surface area contributed by atoms with Gasteiger partial charge in [0.1, 0.15) is 0 Å². The summed E-state index contributed by atoms with van der Waals surface area (Å²) in [5.74, 6) is -1.16. The van der Waals surface area contributed by atoms with Crippen LogP contribution in [0.5, 0.6) is 0 Å². The fourth-order valence-corrected chi connectivity index (χ4v) is 1.66. The Labute approximate surface area is 96.0 Å². The fourth-order valence-electron chi connectivity index (χ4n) is 1.66. The summed E-state index contributed by atoms with van der Waals surface area (Å²) in [5.41, 5.74) is 3.86. The topological polar surface area (TPSA) is 43.4 Å². The Morgan fingerprint density at radius 2 is 2.00 bits per heavy atom. The van der Waals surface area contributed by atoms with Crippen LogP contribution in [0.4, 0.5) is 5.69 Å². The van der Waals surface area contributed by atoms with Crippen molar-refractivity contribution in [2.75, 3.05) is 19.0 Å². The van der Waals surface area contributed by atoms with E-state index in [1.54, 1.807) is 6.92 Å². The van der Waals surface area contributed by atoms with E-state index in [0.717, 1.165) is 22.9 Å². The molecule has 0 N–H and O–H groups in total. The number of carboxylic acids is 1. The van der Waals surface area contributed by atoms with Gasteiger partial charge in [-0.05, 0) is 48.8 Å². The van der Waals surface area contributed by atoms with Crippen LogP contribution in [0.3, 0.4) is 0 Å². The molecular formula is C13H16NO2-. The van der Waals surface area contributed by atoms with Crippen molar-refractivity contribution in [1.82, 2.24) is 0 Å². The number of hydrogen-bond donors (Lipinski definition) is 0. The minimum Gasteiger partial charge on any atom is -0.545 e. The van der Waals surface area contributed by atoms with Gasteiger partial charge in [0.05, 0.1) is 5.97 Å². The molecule has 0 unspecified atom stereocenters. The molecule has 86 valence electrons. The molecule has 0 aromatic heterocycles. The summed E-state index contributed by atoms with van der Waals surface area (Å²) in [6.07, 6.45) is 1.12. The Bertz CT molecular complexity index is 434. The van der Waals surface area contributed by atoms with E-state index >= 15 is 0 Å². The van der Waals surface area contributed by atoms with Gasteiger partial charge in [-0.25, -0.2) is 0 Å². The van der Waals surface area contributed by atoms with Gasteiger partial charge in [0.25, 0.3) is 0 Å². The molecule has 0 spiro atoms. The standard InChI is InChI=1S/C13H17NO2/c1-9(8-13(15)16)11-5-6-12(14(3)4)10(2)7-11/h5-8H,1-4H3,(H,15,16)/p-1/b9-8+. The van der Waals surface area contributed by atoms with Crippen molar-refractivity contribution in [2.45, 2.75) is 13.8 Å². The van der Waals surface area contributed by atoms with Gasteiger partial charge in [-0.1, -0.05) is 6.07 Å². The minimum atomic E-state index is -1.16. The lowest BCUT2D eigenvalue weighted by Gasteiger charge is -2.16. The first-order chi connectivity index (χ1) is 7.41. The molecule has 0 bridgehead atoms. The molecule has 0 atom stereocenters. The highest BCUT2D eigenvalue weighted by molar-refractivity contribution is 5.88. The van der Waals surface area contributed by atoms with Gasteiger partial charge in [-0.15, -0.1) is 0 Å². The first-order valence-corrected chi connectivity index (χ1v) is 5.09. The van der Waals surface area contributed by atoms with Crippen LogP contribution < -0.4 is 10.0 Å². The van der Waals surface area contributed by atoms with Crippen molar-refractivity contribution in [3.8, 4) is 0 Å². The number of allylic oxidation sites excluding steroid dienone is 1. The number of aryl methyl sites for hydroxylation is 1. The number of nitrogens with zero attached hydrogens (tertiary/aromatic N) is 1. The molecule has 1 aromatic carbocycles. The van der Waals surface area contributed by atoms with Crippen LogP contribution in [0.2, 0.25) is 0 Å². The first-order valence-electron chi connectivity index (χ1n) is 5.09. The zero-order valence-corrected chi connectivity index (χ0v) is 10.1. The van der Waals surface area contributed by atoms with Gasteiger partial charge in [0, 0.05) is 19.8 Å². The number of anilines is 1. The van der Waals surface area contributed by atoms with Gasteiger partial charge >= 0.3 is 0 Å². The number of rotatable bonds is 3. The lowest BCUT2D eigenvalue weighted by molar-refractivity contribution is -0.297. The number of carbonyl (C=O) groups is 1. The van der Waals surface area contributed by atoms with Gasteiger partial charge in [-0.3, -0.25) is 0 Å². The van der Waals surface area contributed by atoms with Crippen LogP contribution in [-0.4, -0.2) is 20.1 Å². The van der Waals surface area contributed by atoms with Gasteiger partial charge in [0.2, 0.25) is 0 Å². The summed E-state index contributed by atoms with van der Waals surface area (Å²) in [5, 5.41) is 10.4. The summed E-state index contributed by atoms with van der Waals surface area (Å²) < 4.78 is 0. The van der Waals surface area contributed by atoms with E-state index in [9.17, 15) is 9.90 Å². The third-order valence-electron chi connectivity index (χ3n) is 2.47. The molecule has 0 amide bonds. The molecule has 0 aliphatic rings. The van der Waals surface area contributed by atoms with Crippen LogP contribution in [0.25, 0.3) is 5.57 Å². The maximum Gasteiger partial charge on any atom is 0.0645 e. The number of hydrogen-bond acceptors (Lipinski definition) is 3. The van der Waals surface area contributed by atoms with E-state index < -0.39 is 5.97 Å². The lowest BCUT2D eigenvalue weighted by atomic mass is 10.0. The van der Waals surface area contributed by atoms with E-state index in [1.807, 2.05) is 44.1 Å². The first kappa shape index (κ1) is 12.3. The van der Waals surface area contributed by atoms with Crippen LogP contribution >= 0.6 is 0 Å². The second-order valence-electron chi connectivity index (χ2n) is 4.04.